The Morgan fingerprint density at radius 1 is 1.32 bits per heavy atom. The fourth-order valence-corrected chi connectivity index (χ4v) is 5.27. The molecule has 0 aliphatic heterocycles. The number of carbonyl (C=O) groups is 1. The molecule has 0 bridgehead atoms. The average molecular weight is 417 g/mol. The molecule has 1 aromatic carbocycles. The summed E-state index contributed by atoms with van der Waals surface area (Å²) in [4.78, 5) is 31.6. The second-order valence-corrected chi connectivity index (χ2v) is 9.14. The molecule has 5 nitrogen and oxygen atoms in total. The molecular weight excluding hydrogens is 392 g/mol. The lowest BCUT2D eigenvalue weighted by atomic mass is 10.1. The van der Waals surface area contributed by atoms with Gasteiger partial charge in [-0.2, -0.15) is 0 Å². The number of aryl methyl sites for hydroxylation is 2. The lowest BCUT2D eigenvalue weighted by Gasteiger charge is -2.16. The maximum Gasteiger partial charge on any atom is 0.263 e. The molecule has 0 unspecified atom stereocenters. The van der Waals surface area contributed by atoms with Gasteiger partial charge in [-0.25, -0.2) is 4.98 Å². The Kier molecular flexibility index (Phi) is 5.95. The topological polar surface area (TPSA) is 61.2 Å². The van der Waals surface area contributed by atoms with Gasteiger partial charge in [-0.3, -0.25) is 14.2 Å². The minimum atomic E-state index is -0.00282. The molecular formula is C21H24N2O3S2. The summed E-state index contributed by atoms with van der Waals surface area (Å²) in [6, 6.07) is 5.42. The predicted octanol–water partition coefficient (Wildman–Crippen LogP) is 5.16. The van der Waals surface area contributed by atoms with Crippen molar-refractivity contribution in [2.45, 2.75) is 51.6 Å². The summed E-state index contributed by atoms with van der Waals surface area (Å²) >= 11 is 3.05. The van der Waals surface area contributed by atoms with Crippen LogP contribution in [0.4, 0.5) is 0 Å². The molecule has 0 spiro atoms. The molecule has 148 valence electrons. The highest BCUT2D eigenvalue weighted by Crippen LogP contribution is 2.32. The highest BCUT2D eigenvalue weighted by atomic mass is 32.2. The van der Waals surface area contributed by atoms with E-state index in [0.29, 0.717) is 16.5 Å². The van der Waals surface area contributed by atoms with E-state index >= 15 is 0 Å². The molecule has 2 aromatic heterocycles. The van der Waals surface area contributed by atoms with Crippen molar-refractivity contribution >= 4 is 39.1 Å². The van der Waals surface area contributed by atoms with Crippen LogP contribution in [0.1, 0.15) is 53.2 Å². The number of rotatable bonds is 6. The number of ether oxygens (including phenoxy) is 1. The number of benzene rings is 1. The summed E-state index contributed by atoms with van der Waals surface area (Å²) in [7, 11) is 1.61. The first-order valence-electron chi connectivity index (χ1n) is 9.07. The van der Waals surface area contributed by atoms with Gasteiger partial charge in [0.15, 0.2) is 10.9 Å². The number of Topliss-reactive ketones (excluding diaryl/α,β-unsaturated/α-hetero) is 1. The van der Waals surface area contributed by atoms with Crippen molar-refractivity contribution in [3.63, 3.8) is 0 Å². The van der Waals surface area contributed by atoms with Gasteiger partial charge in [0.2, 0.25) is 0 Å². The van der Waals surface area contributed by atoms with E-state index in [1.165, 1.54) is 11.8 Å². The van der Waals surface area contributed by atoms with Crippen molar-refractivity contribution < 1.29 is 9.53 Å². The van der Waals surface area contributed by atoms with Gasteiger partial charge in [0.1, 0.15) is 10.6 Å². The second kappa shape index (κ2) is 8.09. The van der Waals surface area contributed by atoms with Crippen LogP contribution in [-0.4, -0.2) is 22.4 Å². The van der Waals surface area contributed by atoms with Crippen LogP contribution < -0.4 is 10.3 Å². The Hall–Kier alpha value is -2.12. The minimum absolute atomic E-state index is 0.00282. The smallest absolute Gasteiger partial charge is 0.263 e. The van der Waals surface area contributed by atoms with Gasteiger partial charge in [0.25, 0.3) is 5.56 Å². The fourth-order valence-electron chi connectivity index (χ4n) is 3.10. The minimum Gasteiger partial charge on any atom is -0.496 e. The van der Waals surface area contributed by atoms with E-state index in [9.17, 15) is 9.59 Å². The molecule has 0 saturated carbocycles. The Balaban J connectivity index is 2.06. The first kappa shape index (κ1) is 20.6. The third-order valence-electron chi connectivity index (χ3n) is 4.76. The van der Waals surface area contributed by atoms with Gasteiger partial charge >= 0.3 is 0 Å². The molecule has 3 aromatic rings. The van der Waals surface area contributed by atoms with Crippen molar-refractivity contribution in [1.29, 1.82) is 0 Å². The summed E-state index contributed by atoms with van der Waals surface area (Å²) in [5, 5.41) is 1.40. The van der Waals surface area contributed by atoms with Gasteiger partial charge < -0.3 is 4.74 Å². The number of aromatic nitrogens is 2. The van der Waals surface area contributed by atoms with Crippen molar-refractivity contribution in [3.05, 3.63) is 50.1 Å². The monoisotopic (exact) mass is 416 g/mol. The van der Waals surface area contributed by atoms with E-state index in [-0.39, 0.29) is 17.4 Å². The number of nitrogens with zero attached hydrogens (tertiary/aromatic N) is 2. The van der Waals surface area contributed by atoms with Crippen LogP contribution in [0.3, 0.4) is 0 Å². The molecule has 0 atom stereocenters. The number of fused-ring (bicyclic) bond motifs is 1. The third kappa shape index (κ3) is 3.73. The zero-order valence-electron chi connectivity index (χ0n) is 17.0. The van der Waals surface area contributed by atoms with Crippen LogP contribution in [0.5, 0.6) is 5.75 Å². The van der Waals surface area contributed by atoms with Crippen LogP contribution in [0, 0.1) is 13.8 Å². The van der Waals surface area contributed by atoms with E-state index < -0.39 is 0 Å². The Bertz CT molecular complexity index is 1110. The van der Waals surface area contributed by atoms with Crippen LogP contribution in [0.15, 0.2) is 28.2 Å². The molecule has 0 aliphatic carbocycles. The first-order chi connectivity index (χ1) is 13.2. The molecule has 7 heteroatoms. The van der Waals surface area contributed by atoms with Gasteiger partial charge in [0.05, 0.1) is 12.5 Å². The van der Waals surface area contributed by atoms with Crippen LogP contribution in [-0.2, 0) is 5.75 Å². The number of hydrogen-bond donors (Lipinski definition) is 0. The predicted molar refractivity (Wildman–Crippen MR) is 116 cm³/mol. The molecule has 2 heterocycles. The molecule has 28 heavy (non-hydrogen) atoms. The van der Waals surface area contributed by atoms with E-state index in [1.54, 1.807) is 36.0 Å². The van der Waals surface area contributed by atoms with Crippen LogP contribution in [0.2, 0.25) is 0 Å². The van der Waals surface area contributed by atoms with Crippen molar-refractivity contribution in [1.82, 2.24) is 9.55 Å². The van der Waals surface area contributed by atoms with E-state index in [4.69, 9.17) is 9.72 Å². The Morgan fingerprint density at radius 3 is 2.64 bits per heavy atom. The SMILES string of the molecule is COc1ccc(C(C)=O)cc1CSc1nc2sc(C)c(C)c2c(=O)n1C(C)C. The molecule has 0 radical (unpaired) electrons. The average Bonchev–Trinajstić information content (AvgIpc) is 2.93. The summed E-state index contributed by atoms with van der Waals surface area (Å²) in [6.07, 6.45) is 0. The van der Waals surface area contributed by atoms with E-state index in [0.717, 1.165) is 32.0 Å². The van der Waals surface area contributed by atoms with Crippen LogP contribution >= 0.6 is 23.1 Å². The zero-order valence-corrected chi connectivity index (χ0v) is 18.6. The lowest BCUT2D eigenvalue weighted by molar-refractivity contribution is 0.101. The Labute approximate surface area is 172 Å². The molecule has 3 rings (SSSR count). The highest BCUT2D eigenvalue weighted by Gasteiger charge is 2.19. The molecule has 0 aliphatic rings. The van der Waals surface area contributed by atoms with Gasteiger partial charge in [-0.15, -0.1) is 11.3 Å². The summed E-state index contributed by atoms with van der Waals surface area (Å²) in [5.74, 6) is 1.29. The second-order valence-electron chi connectivity index (χ2n) is 7.00. The molecule has 0 amide bonds. The Morgan fingerprint density at radius 2 is 2.04 bits per heavy atom. The molecule has 0 N–H and O–H groups in total. The third-order valence-corrected chi connectivity index (χ3v) is 6.87. The largest absolute Gasteiger partial charge is 0.496 e. The maximum absolute atomic E-state index is 13.1. The number of methoxy groups -OCH3 is 1. The quantitative estimate of drug-likeness (QED) is 0.316. The normalized spacial score (nSPS) is 11.4. The highest BCUT2D eigenvalue weighted by molar-refractivity contribution is 7.98. The standard InChI is InChI=1S/C21H24N2O3S2/c1-11(2)23-20(25)18-12(3)14(5)28-19(18)22-21(23)27-10-16-9-15(13(4)24)7-8-17(16)26-6/h7-9,11H,10H2,1-6H3. The van der Waals surface area contributed by atoms with Crippen molar-refractivity contribution in [2.75, 3.05) is 7.11 Å². The van der Waals surface area contributed by atoms with Crippen LogP contribution in [0.25, 0.3) is 10.2 Å². The van der Waals surface area contributed by atoms with Crippen molar-refractivity contribution in [3.8, 4) is 5.75 Å². The van der Waals surface area contributed by atoms with Gasteiger partial charge in [-0.05, 0) is 58.4 Å². The van der Waals surface area contributed by atoms with Gasteiger partial charge in [0, 0.05) is 27.8 Å². The summed E-state index contributed by atoms with van der Waals surface area (Å²) in [6.45, 7) is 9.53. The number of hydrogen-bond acceptors (Lipinski definition) is 6. The zero-order chi connectivity index (χ0) is 20.6. The van der Waals surface area contributed by atoms with E-state index in [2.05, 4.69) is 0 Å². The first-order valence-corrected chi connectivity index (χ1v) is 10.9. The molecule has 0 fully saturated rings. The fraction of sp³-hybridized carbons (Fsp3) is 0.381. The number of thioether (sulfide) groups is 1. The summed E-state index contributed by atoms with van der Waals surface area (Å²) in [5.41, 5.74) is 2.57. The van der Waals surface area contributed by atoms with Crippen molar-refractivity contribution in [2.24, 2.45) is 0 Å². The number of carbonyl (C=O) groups excluding carboxylic acids is 1. The number of ketones is 1. The maximum atomic E-state index is 13.1. The lowest BCUT2D eigenvalue weighted by Crippen LogP contribution is -2.24. The summed E-state index contributed by atoms with van der Waals surface area (Å²) < 4.78 is 7.21. The van der Waals surface area contributed by atoms with E-state index in [1.807, 2.05) is 39.8 Å². The van der Waals surface area contributed by atoms with Gasteiger partial charge in [-0.1, -0.05) is 11.8 Å². The molecule has 0 saturated heterocycles. The number of thiophene rings is 1.